The Morgan fingerprint density at radius 3 is 1.86 bits per heavy atom. The maximum Gasteiger partial charge on any atom is 0.143 e. The second kappa shape index (κ2) is 11.0. The van der Waals surface area contributed by atoms with Gasteiger partial charge in [0.15, 0.2) is 0 Å². The van der Waals surface area contributed by atoms with Gasteiger partial charge in [0, 0.05) is 44.0 Å². The van der Waals surface area contributed by atoms with Gasteiger partial charge in [-0.3, -0.25) is 0 Å². The lowest BCUT2D eigenvalue weighted by molar-refractivity contribution is 0.669. The van der Waals surface area contributed by atoms with Gasteiger partial charge in [0.1, 0.15) is 22.3 Å². The highest BCUT2D eigenvalue weighted by Gasteiger charge is 2.21. The molecular formula is C46H29NO2. The van der Waals surface area contributed by atoms with Crippen LogP contribution in [-0.2, 0) is 0 Å². The van der Waals surface area contributed by atoms with Crippen molar-refractivity contribution >= 4 is 71.7 Å². The minimum Gasteiger partial charge on any atom is -0.456 e. The second-order valence-corrected chi connectivity index (χ2v) is 12.5. The average Bonchev–Trinajstić information content (AvgIpc) is 3.72. The topological polar surface area (TPSA) is 29.5 Å². The molecule has 8 aromatic carbocycles. The Morgan fingerprint density at radius 1 is 0.347 bits per heavy atom. The molecule has 230 valence electrons. The monoisotopic (exact) mass is 627 g/mol. The molecular weight excluding hydrogens is 599 g/mol. The molecule has 0 aliphatic heterocycles. The summed E-state index contributed by atoms with van der Waals surface area (Å²) in [5.41, 5.74) is 11.2. The number of benzene rings is 8. The van der Waals surface area contributed by atoms with E-state index in [4.69, 9.17) is 8.83 Å². The van der Waals surface area contributed by atoms with Gasteiger partial charge in [-0.25, -0.2) is 0 Å². The molecule has 2 heterocycles. The lowest BCUT2D eigenvalue weighted by atomic mass is 9.98. The van der Waals surface area contributed by atoms with Crippen molar-refractivity contribution < 1.29 is 8.83 Å². The Kier molecular flexibility index (Phi) is 6.18. The molecule has 49 heavy (non-hydrogen) atoms. The van der Waals surface area contributed by atoms with Crippen LogP contribution in [0.3, 0.4) is 0 Å². The molecule has 0 unspecified atom stereocenters. The molecule has 0 atom stereocenters. The maximum absolute atomic E-state index is 6.72. The van der Waals surface area contributed by atoms with Crippen LogP contribution in [0.15, 0.2) is 185 Å². The van der Waals surface area contributed by atoms with Crippen molar-refractivity contribution in [1.82, 2.24) is 0 Å². The first kappa shape index (κ1) is 27.5. The molecule has 0 fully saturated rings. The number of para-hydroxylation sites is 3. The van der Waals surface area contributed by atoms with E-state index in [-0.39, 0.29) is 0 Å². The number of furan rings is 2. The van der Waals surface area contributed by atoms with Crippen molar-refractivity contribution in [3.8, 4) is 22.3 Å². The first-order valence-corrected chi connectivity index (χ1v) is 16.6. The van der Waals surface area contributed by atoms with Crippen LogP contribution in [-0.4, -0.2) is 0 Å². The lowest BCUT2D eigenvalue weighted by Gasteiger charge is -2.28. The van der Waals surface area contributed by atoms with Gasteiger partial charge in [-0.15, -0.1) is 0 Å². The molecule has 10 aromatic rings. The van der Waals surface area contributed by atoms with Gasteiger partial charge in [-0.05, 0) is 76.5 Å². The van der Waals surface area contributed by atoms with Gasteiger partial charge < -0.3 is 13.7 Å². The summed E-state index contributed by atoms with van der Waals surface area (Å²) in [5, 5.41) is 6.80. The Hall–Kier alpha value is -6.58. The van der Waals surface area contributed by atoms with Crippen molar-refractivity contribution in [2.45, 2.75) is 0 Å². The zero-order chi connectivity index (χ0) is 32.3. The number of hydrogen-bond acceptors (Lipinski definition) is 3. The van der Waals surface area contributed by atoms with Crippen molar-refractivity contribution in [2.24, 2.45) is 0 Å². The summed E-state index contributed by atoms with van der Waals surface area (Å²) in [6, 6.07) is 62.0. The Bertz CT molecular complexity index is 2830. The molecule has 0 amide bonds. The quantitative estimate of drug-likeness (QED) is 0.190. The average molecular weight is 628 g/mol. The van der Waals surface area contributed by atoms with Gasteiger partial charge in [-0.1, -0.05) is 121 Å². The molecule has 3 heteroatoms. The summed E-state index contributed by atoms with van der Waals surface area (Å²) >= 11 is 0. The molecule has 0 radical (unpaired) electrons. The summed E-state index contributed by atoms with van der Waals surface area (Å²) in [6.45, 7) is 0. The van der Waals surface area contributed by atoms with Gasteiger partial charge in [0.05, 0.1) is 5.69 Å². The van der Waals surface area contributed by atoms with E-state index in [1.54, 1.807) is 0 Å². The van der Waals surface area contributed by atoms with Crippen LogP contribution in [0.2, 0.25) is 0 Å². The van der Waals surface area contributed by atoms with E-state index in [1.165, 1.54) is 21.9 Å². The van der Waals surface area contributed by atoms with E-state index in [2.05, 4.69) is 169 Å². The minimum absolute atomic E-state index is 0.872. The predicted molar refractivity (Wildman–Crippen MR) is 204 cm³/mol. The molecule has 0 saturated heterocycles. The van der Waals surface area contributed by atoms with Crippen LogP contribution in [0.1, 0.15) is 0 Å². The van der Waals surface area contributed by atoms with Gasteiger partial charge >= 0.3 is 0 Å². The van der Waals surface area contributed by atoms with Gasteiger partial charge in [0.2, 0.25) is 0 Å². The fourth-order valence-electron chi connectivity index (χ4n) is 7.31. The van der Waals surface area contributed by atoms with Gasteiger partial charge in [-0.2, -0.15) is 0 Å². The molecule has 10 rings (SSSR count). The smallest absolute Gasteiger partial charge is 0.143 e. The standard InChI is InChI=1S/C46H29NO2/c1-2-11-30(12-3-1)31-21-23-34(24-22-31)47(35-25-26-44-41(29-35)37-16-7-9-20-43(37)48-44)42-19-8-6-15-36(42)38-17-10-18-39-40-27-32-13-4-5-14-33(32)28-45(40)49-46(38)39/h1-29H. The molecule has 0 bridgehead atoms. The number of nitrogens with zero attached hydrogens (tertiary/aromatic N) is 1. The molecule has 2 aromatic heterocycles. The van der Waals surface area contributed by atoms with Crippen LogP contribution in [0, 0.1) is 0 Å². The third-order valence-electron chi connectivity index (χ3n) is 9.65. The Labute approximate surface area is 282 Å². The van der Waals surface area contributed by atoms with Crippen LogP contribution in [0.5, 0.6) is 0 Å². The first-order valence-electron chi connectivity index (χ1n) is 16.6. The zero-order valence-corrected chi connectivity index (χ0v) is 26.5. The minimum atomic E-state index is 0.872. The largest absolute Gasteiger partial charge is 0.456 e. The molecule has 0 N–H and O–H groups in total. The SMILES string of the molecule is c1ccc(-c2ccc(N(c3ccc4oc5ccccc5c4c3)c3ccccc3-c3cccc4c3oc3cc5ccccc5cc34)cc2)cc1. The predicted octanol–water partition coefficient (Wildman–Crippen LogP) is 13.4. The number of fused-ring (bicyclic) bond motifs is 7. The van der Waals surface area contributed by atoms with Crippen molar-refractivity contribution in [3.05, 3.63) is 176 Å². The summed E-state index contributed by atoms with van der Waals surface area (Å²) in [6.07, 6.45) is 0. The highest BCUT2D eigenvalue weighted by Crippen LogP contribution is 2.46. The summed E-state index contributed by atoms with van der Waals surface area (Å²) in [5.74, 6) is 0. The van der Waals surface area contributed by atoms with E-state index in [1.807, 2.05) is 12.1 Å². The van der Waals surface area contributed by atoms with Crippen LogP contribution in [0.4, 0.5) is 17.1 Å². The zero-order valence-electron chi connectivity index (χ0n) is 26.5. The molecule has 0 aliphatic rings. The number of rotatable bonds is 5. The third kappa shape index (κ3) is 4.51. The molecule has 0 aliphatic carbocycles. The summed E-state index contributed by atoms with van der Waals surface area (Å²) in [4.78, 5) is 2.35. The maximum atomic E-state index is 6.72. The third-order valence-corrected chi connectivity index (χ3v) is 9.65. The molecule has 0 saturated carbocycles. The van der Waals surface area contributed by atoms with Crippen LogP contribution in [0.25, 0.3) is 76.9 Å². The second-order valence-electron chi connectivity index (χ2n) is 12.5. The summed E-state index contributed by atoms with van der Waals surface area (Å²) in [7, 11) is 0. The number of hydrogen-bond donors (Lipinski definition) is 0. The van der Waals surface area contributed by atoms with E-state index in [0.29, 0.717) is 0 Å². The van der Waals surface area contributed by atoms with E-state index in [0.717, 1.165) is 72.1 Å². The lowest BCUT2D eigenvalue weighted by Crippen LogP contribution is -2.11. The van der Waals surface area contributed by atoms with Crippen molar-refractivity contribution in [2.75, 3.05) is 4.90 Å². The normalized spacial score (nSPS) is 11.7. The van der Waals surface area contributed by atoms with E-state index >= 15 is 0 Å². The van der Waals surface area contributed by atoms with Crippen LogP contribution >= 0.6 is 0 Å². The fourth-order valence-corrected chi connectivity index (χ4v) is 7.31. The highest BCUT2D eigenvalue weighted by atomic mass is 16.3. The first-order chi connectivity index (χ1) is 24.3. The van der Waals surface area contributed by atoms with Gasteiger partial charge in [0.25, 0.3) is 0 Å². The Balaban J connectivity index is 1.20. The highest BCUT2D eigenvalue weighted by molar-refractivity contribution is 6.14. The van der Waals surface area contributed by atoms with E-state index < -0.39 is 0 Å². The Morgan fingerprint density at radius 2 is 0.980 bits per heavy atom. The molecule has 0 spiro atoms. The summed E-state index contributed by atoms with van der Waals surface area (Å²) < 4.78 is 13.0. The number of anilines is 3. The van der Waals surface area contributed by atoms with Crippen molar-refractivity contribution in [3.63, 3.8) is 0 Å². The fraction of sp³-hybridized carbons (Fsp3) is 0. The van der Waals surface area contributed by atoms with Crippen LogP contribution < -0.4 is 4.90 Å². The van der Waals surface area contributed by atoms with E-state index in [9.17, 15) is 0 Å². The van der Waals surface area contributed by atoms with Crippen molar-refractivity contribution in [1.29, 1.82) is 0 Å². The molecule has 3 nitrogen and oxygen atoms in total.